The second-order valence-electron chi connectivity index (χ2n) is 6.58. The van der Waals surface area contributed by atoms with Crippen molar-refractivity contribution in [2.24, 2.45) is 0 Å². The summed E-state index contributed by atoms with van der Waals surface area (Å²) >= 11 is 3.45. The van der Waals surface area contributed by atoms with E-state index in [4.69, 9.17) is 4.74 Å². The molecule has 0 spiro atoms. The first-order valence-corrected chi connectivity index (χ1v) is 9.87. The predicted molar refractivity (Wildman–Crippen MR) is 109 cm³/mol. The van der Waals surface area contributed by atoms with Gasteiger partial charge >= 0.3 is 12.0 Å². The molecule has 0 N–H and O–H groups in total. The quantitative estimate of drug-likeness (QED) is 0.651. The predicted octanol–water partition coefficient (Wildman–Crippen LogP) is 4.85. The molecule has 0 bridgehead atoms. The SMILES string of the molecule is COC(=O)c1ccc(CN(C(=O)N2CCCCC2)c2ccc(Br)cc2)cc1. The highest BCUT2D eigenvalue weighted by Gasteiger charge is 2.24. The minimum absolute atomic E-state index is 0.0223. The molecule has 1 heterocycles. The van der Waals surface area contributed by atoms with E-state index >= 15 is 0 Å². The number of hydrogen-bond acceptors (Lipinski definition) is 3. The van der Waals surface area contributed by atoms with Gasteiger partial charge in [0.2, 0.25) is 0 Å². The summed E-state index contributed by atoms with van der Waals surface area (Å²) in [5.74, 6) is -0.365. The van der Waals surface area contributed by atoms with E-state index in [9.17, 15) is 9.59 Å². The number of anilines is 1. The molecule has 142 valence electrons. The van der Waals surface area contributed by atoms with Crippen LogP contribution < -0.4 is 4.90 Å². The van der Waals surface area contributed by atoms with Gasteiger partial charge in [0.1, 0.15) is 0 Å². The van der Waals surface area contributed by atoms with Crippen LogP contribution in [0.1, 0.15) is 35.2 Å². The van der Waals surface area contributed by atoms with Crippen LogP contribution in [0.25, 0.3) is 0 Å². The lowest BCUT2D eigenvalue weighted by Crippen LogP contribution is -2.45. The van der Waals surface area contributed by atoms with Crippen LogP contribution in [0.15, 0.2) is 53.0 Å². The number of halogens is 1. The van der Waals surface area contributed by atoms with Gasteiger partial charge in [-0.05, 0) is 61.2 Å². The van der Waals surface area contributed by atoms with Crippen LogP contribution in [-0.4, -0.2) is 37.1 Å². The van der Waals surface area contributed by atoms with Crippen molar-refractivity contribution in [3.05, 3.63) is 64.1 Å². The zero-order valence-electron chi connectivity index (χ0n) is 15.4. The second kappa shape index (κ2) is 9.04. The number of urea groups is 1. The van der Waals surface area contributed by atoms with Gasteiger partial charge in [0.15, 0.2) is 0 Å². The number of likely N-dealkylation sites (tertiary alicyclic amines) is 1. The summed E-state index contributed by atoms with van der Waals surface area (Å²) in [5.41, 5.74) is 2.31. The largest absolute Gasteiger partial charge is 0.465 e. The molecule has 1 aliphatic heterocycles. The first-order valence-electron chi connectivity index (χ1n) is 9.08. The third-order valence-electron chi connectivity index (χ3n) is 4.71. The Morgan fingerprint density at radius 3 is 2.22 bits per heavy atom. The monoisotopic (exact) mass is 430 g/mol. The van der Waals surface area contributed by atoms with Crippen LogP contribution in [-0.2, 0) is 11.3 Å². The zero-order chi connectivity index (χ0) is 19.2. The number of benzene rings is 2. The fraction of sp³-hybridized carbons (Fsp3) is 0.333. The number of rotatable bonds is 4. The lowest BCUT2D eigenvalue weighted by molar-refractivity contribution is 0.0600. The molecule has 2 aromatic carbocycles. The molecule has 0 radical (unpaired) electrons. The van der Waals surface area contributed by atoms with E-state index in [0.29, 0.717) is 12.1 Å². The number of carbonyl (C=O) groups is 2. The van der Waals surface area contributed by atoms with Crippen molar-refractivity contribution in [2.75, 3.05) is 25.1 Å². The topological polar surface area (TPSA) is 49.9 Å². The molecule has 0 atom stereocenters. The average molecular weight is 431 g/mol. The highest BCUT2D eigenvalue weighted by atomic mass is 79.9. The number of esters is 1. The maximum absolute atomic E-state index is 13.2. The van der Waals surface area contributed by atoms with Crippen molar-refractivity contribution < 1.29 is 14.3 Å². The molecule has 27 heavy (non-hydrogen) atoms. The summed E-state index contributed by atoms with van der Waals surface area (Å²) in [6.07, 6.45) is 3.28. The first-order chi connectivity index (χ1) is 13.1. The molecule has 0 aromatic heterocycles. The van der Waals surface area contributed by atoms with Crippen molar-refractivity contribution >= 4 is 33.6 Å². The smallest absolute Gasteiger partial charge is 0.337 e. The van der Waals surface area contributed by atoms with Crippen molar-refractivity contribution in [1.29, 1.82) is 0 Å². The Bertz CT molecular complexity index is 784. The molecule has 1 fully saturated rings. The molecule has 3 rings (SSSR count). The summed E-state index contributed by atoms with van der Waals surface area (Å²) in [7, 11) is 1.36. The summed E-state index contributed by atoms with van der Waals surface area (Å²) < 4.78 is 5.71. The Balaban J connectivity index is 1.83. The van der Waals surface area contributed by atoms with Crippen LogP contribution in [0.3, 0.4) is 0 Å². The molecule has 5 nitrogen and oxygen atoms in total. The Morgan fingerprint density at radius 2 is 1.63 bits per heavy atom. The van der Waals surface area contributed by atoms with E-state index in [1.807, 2.05) is 41.3 Å². The van der Waals surface area contributed by atoms with Gasteiger partial charge in [0, 0.05) is 23.2 Å². The van der Waals surface area contributed by atoms with Gasteiger partial charge < -0.3 is 9.64 Å². The van der Waals surface area contributed by atoms with Gasteiger partial charge in [-0.2, -0.15) is 0 Å². The number of piperidine rings is 1. The van der Waals surface area contributed by atoms with Crippen molar-refractivity contribution in [2.45, 2.75) is 25.8 Å². The van der Waals surface area contributed by atoms with E-state index in [1.165, 1.54) is 13.5 Å². The summed E-state index contributed by atoms with van der Waals surface area (Å²) in [6, 6.07) is 15.0. The molecular formula is C21H23BrN2O3. The van der Waals surface area contributed by atoms with Crippen LogP contribution in [0.5, 0.6) is 0 Å². The number of methoxy groups -OCH3 is 1. The third-order valence-corrected chi connectivity index (χ3v) is 5.24. The van der Waals surface area contributed by atoms with Crippen LogP contribution >= 0.6 is 15.9 Å². The molecule has 2 amide bonds. The van der Waals surface area contributed by atoms with Crippen LogP contribution in [0.2, 0.25) is 0 Å². The van der Waals surface area contributed by atoms with Crippen LogP contribution in [0, 0.1) is 0 Å². The van der Waals surface area contributed by atoms with E-state index in [2.05, 4.69) is 15.9 Å². The number of amides is 2. The van der Waals surface area contributed by atoms with Crippen molar-refractivity contribution in [3.8, 4) is 0 Å². The van der Waals surface area contributed by atoms with Gasteiger partial charge in [0.05, 0.1) is 19.2 Å². The molecule has 6 heteroatoms. The maximum Gasteiger partial charge on any atom is 0.337 e. The van der Waals surface area contributed by atoms with Gasteiger partial charge in [-0.3, -0.25) is 4.90 Å². The van der Waals surface area contributed by atoms with Gasteiger partial charge in [-0.15, -0.1) is 0 Å². The molecule has 1 saturated heterocycles. The van der Waals surface area contributed by atoms with Gasteiger partial charge in [-0.25, -0.2) is 9.59 Å². The van der Waals surface area contributed by atoms with Gasteiger partial charge in [0.25, 0.3) is 0 Å². The zero-order valence-corrected chi connectivity index (χ0v) is 16.9. The summed E-state index contributed by atoms with van der Waals surface area (Å²) in [5, 5.41) is 0. The fourth-order valence-electron chi connectivity index (χ4n) is 3.19. The lowest BCUT2D eigenvalue weighted by atomic mass is 10.1. The minimum atomic E-state index is -0.365. The molecular weight excluding hydrogens is 408 g/mol. The number of hydrogen-bond donors (Lipinski definition) is 0. The van der Waals surface area contributed by atoms with Crippen molar-refractivity contribution in [3.63, 3.8) is 0 Å². The van der Waals surface area contributed by atoms with E-state index < -0.39 is 0 Å². The molecule has 0 unspecified atom stereocenters. The molecule has 0 aliphatic carbocycles. The Morgan fingerprint density at radius 1 is 1.00 bits per heavy atom. The Hall–Kier alpha value is -2.34. The fourth-order valence-corrected chi connectivity index (χ4v) is 3.46. The highest BCUT2D eigenvalue weighted by Crippen LogP contribution is 2.23. The molecule has 2 aromatic rings. The minimum Gasteiger partial charge on any atom is -0.465 e. The standard InChI is InChI=1S/C21H23BrN2O3/c1-27-20(25)17-7-5-16(6-8-17)15-24(19-11-9-18(22)10-12-19)21(26)23-13-3-2-4-14-23/h5-12H,2-4,13-15H2,1H3. The highest BCUT2D eigenvalue weighted by molar-refractivity contribution is 9.10. The summed E-state index contributed by atoms with van der Waals surface area (Å²) in [4.78, 5) is 28.5. The molecule has 1 aliphatic rings. The Labute approximate surface area is 168 Å². The lowest BCUT2D eigenvalue weighted by Gasteiger charge is -2.33. The van der Waals surface area contributed by atoms with E-state index in [0.717, 1.165) is 41.7 Å². The number of carbonyl (C=O) groups excluding carboxylic acids is 2. The molecule has 0 saturated carbocycles. The van der Waals surface area contributed by atoms with Crippen LogP contribution in [0.4, 0.5) is 10.5 Å². The normalized spacial score (nSPS) is 13.9. The van der Waals surface area contributed by atoms with Gasteiger partial charge in [-0.1, -0.05) is 28.1 Å². The van der Waals surface area contributed by atoms with Crippen molar-refractivity contribution in [1.82, 2.24) is 4.90 Å². The first kappa shape index (κ1) is 19.4. The second-order valence-corrected chi connectivity index (χ2v) is 7.50. The number of nitrogens with zero attached hydrogens (tertiary/aromatic N) is 2. The Kier molecular flexibility index (Phi) is 6.50. The average Bonchev–Trinajstić information content (AvgIpc) is 2.73. The van der Waals surface area contributed by atoms with E-state index in [1.54, 1.807) is 17.0 Å². The third kappa shape index (κ3) is 4.89. The maximum atomic E-state index is 13.2. The number of ether oxygens (including phenoxy) is 1. The summed E-state index contributed by atoms with van der Waals surface area (Å²) in [6.45, 7) is 2.04. The van der Waals surface area contributed by atoms with E-state index in [-0.39, 0.29) is 12.0 Å².